The first-order valence-corrected chi connectivity index (χ1v) is 16.3. The number of carbonyl (C=O) groups is 4. The molecule has 4 atom stereocenters. The number of thiophene rings is 1. The van der Waals surface area contributed by atoms with Gasteiger partial charge in [0.05, 0.1) is 10.9 Å². The van der Waals surface area contributed by atoms with Crippen LogP contribution in [0.25, 0.3) is 0 Å². The number of rotatable bonds is 4. The Morgan fingerprint density at radius 2 is 2.00 bits per heavy atom. The van der Waals surface area contributed by atoms with Crippen LogP contribution in [0.3, 0.4) is 0 Å². The Kier molecular flexibility index (Phi) is 9.82. The van der Waals surface area contributed by atoms with Gasteiger partial charge in [-0.25, -0.2) is 17.9 Å². The molecule has 16 heteroatoms. The lowest BCUT2D eigenvalue weighted by Crippen LogP contribution is -2.58. The van der Waals surface area contributed by atoms with E-state index in [4.69, 9.17) is 32.7 Å². The third-order valence-corrected chi connectivity index (χ3v) is 9.91. The van der Waals surface area contributed by atoms with Gasteiger partial charge in [0.25, 0.3) is 15.9 Å². The zero-order valence-corrected chi connectivity index (χ0v) is 26.3. The summed E-state index contributed by atoms with van der Waals surface area (Å²) in [5.41, 5.74) is -2.38. The van der Waals surface area contributed by atoms with Crippen LogP contribution in [0.2, 0.25) is 8.67 Å². The molecule has 2 aliphatic heterocycles. The standard InChI is InChI=1S/C26H32Cl2N4O8S2/c1-25(2,3)40-24(36)29-16-9-12-39-11-5-4-7-15-14-26(15,30-21(33)17-8-6-10-32(17)22(16)34)23(35)31-42(37,38)18-13-19(27)41-20(18)28/h4,7,13,15-17H,5,8-12,14H2,1-3H3,(H,29,36)(H,30,33)(H,31,35)/b7-4-/t15-,16+,17+,26-/m1/s1. The first-order chi connectivity index (χ1) is 19.6. The minimum atomic E-state index is -4.40. The number of halogens is 2. The summed E-state index contributed by atoms with van der Waals surface area (Å²) in [6.45, 7) is 5.54. The van der Waals surface area contributed by atoms with Crippen molar-refractivity contribution in [2.75, 3.05) is 19.8 Å². The van der Waals surface area contributed by atoms with E-state index in [-0.39, 0.29) is 46.0 Å². The van der Waals surface area contributed by atoms with Gasteiger partial charge in [-0.05, 0) is 46.1 Å². The third kappa shape index (κ3) is 7.57. The molecule has 230 valence electrons. The Hall–Kier alpha value is -2.39. The molecular weight excluding hydrogens is 631 g/mol. The van der Waals surface area contributed by atoms with Crippen molar-refractivity contribution in [1.82, 2.24) is 20.3 Å². The van der Waals surface area contributed by atoms with Crippen LogP contribution in [-0.2, 0) is 33.9 Å². The smallest absolute Gasteiger partial charge is 0.408 e. The van der Waals surface area contributed by atoms with Crippen molar-refractivity contribution in [3.05, 3.63) is 33.3 Å². The molecule has 0 spiro atoms. The molecule has 4 rings (SSSR count). The summed E-state index contributed by atoms with van der Waals surface area (Å²) in [7, 11) is -4.40. The van der Waals surface area contributed by atoms with Gasteiger partial charge in [0.2, 0.25) is 11.8 Å². The topological polar surface area (TPSA) is 160 Å². The Balaban J connectivity index is 1.57. The Morgan fingerprint density at radius 1 is 1.26 bits per heavy atom. The van der Waals surface area contributed by atoms with E-state index in [1.54, 1.807) is 32.9 Å². The molecule has 0 aromatic carbocycles. The average molecular weight is 664 g/mol. The van der Waals surface area contributed by atoms with Gasteiger partial charge in [-0.15, -0.1) is 11.3 Å². The molecule has 3 N–H and O–H groups in total. The number of hydrogen-bond acceptors (Lipinski definition) is 9. The normalized spacial score (nSPS) is 27.9. The highest BCUT2D eigenvalue weighted by Crippen LogP contribution is 2.46. The van der Waals surface area contributed by atoms with Gasteiger partial charge in [-0.1, -0.05) is 35.4 Å². The van der Waals surface area contributed by atoms with Crippen LogP contribution in [0, 0.1) is 12.3 Å². The minimum absolute atomic E-state index is 0.0125. The van der Waals surface area contributed by atoms with E-state index < -0.39 is 63.0 Å². The van der Waals surface area contributed by atoms with Crippen molar-refractivity contribution in [1.29, 1.82) is 0 Å². The molecule has 1 aromatic heterocycles. The summed E-state index contributed by atoms with van der Waals surface area (Å²) in [5, 5.41) is 5.29. The predicted molar refractivity (Wildman–Crippen MR) is 154 cm³/mol. The van der Waals surface area contributed by atoms with Crippen molar-refractivity contribution in [2.45, 2.75) is 74.6 Å². The molecule has 2 fully saturated rings. The van der Waals surface area contributed by atoms with E-state index in [0.717, 1.165) is 17.4 Å². The Labute approximate surface area is 258 Å². The quantitative estimate of drug-likeness (QED) is 0.415. The Bertz CT molecular complexity index is 1380. The van der Waals surface area contributed by atoms with Gasteiger partial charge < -0.3 is 25.0 Å². The predicted octanol–water partition coefficient (Wildman–Crippen LogP) is 2.68. The van der Waals surface area contributed by atoms with Crippen LogP contribution < -0.4 is 15.4 Å². The number of hydrogen-bond donors (Lipinski definition) is 3. The summed E-state index contributed by atoms with van der Waals surface area (Å²) in [5.74, 6) is -2.66. The summed E-state index contributed by atoms with van der Waals surface area (Å²) in [6, 6.07) is -0.951. The van der Waals surface area contributed by atoms with E-state index >= 15 is 0 Å². The molecule has 1 aromatic rings. The number of sulfonamides is 1. The van der Waals surface area contributed by atoms with Crippen LogP contribution in [0.4, 0.5) is 4.79 Å². The Morgan fingerprint density at radius 3 is 2.67 bits per heavy atom. The molecule has 3 heterocycles. The van der Waals surface area contributed by atoms with Crippen LogP contribution in [0.1, 0.15) is 46.5 Å². The molecule has 12 nitrogen and oxygen atoms in total. The van der Waals surface area contributed by atoms with Crippen molar-refractivity contribution >= 4 is 68.4 Å². The van der Waals surface area contributed by atoms with Gasteiger partial charge in [-0.3, -0.25) is 14.4 Å². The van der Waals surface area contributed by atoms with Crippen molar-refractivity contribution in [2.24, 2.45) is 5.92 Å². The third-order valence-electron chi connectivity index (χ3n) is 6.83. The van der Waals surface area contributed by atoms with Crippen LogP contribution in [-0.4, -0.2) is 80.1 Å². The molecule has 2 radical (unpaired) electrons. The summed E-state index contributed by atoms with van der Waals surface area (Å²) < 4.78 is 39.0. The molecule has 42 heavy (non-hydrogen) atoms. The van der Waals surface area contributed by atoms with Gasteiger partial charge >= 0.3 is 6.09 Å². The molecular formula is C26H32Cl2N4O8S2. The highest BCUT2D eigenvalue weighted by Gasteiger charge is 2.61. The maximum atomic E-state index is 13.6. The maximum absolute atomic E-state index is 13.6. The lowest BCUT2D eigenvalue weighted by atomic mass is 10.1. The molecule has 1 saturated carbocycles. The van der Waals surface area contributed by atoms with E-state index in [9.17, 15) is 27.6 Å². The van der Waals surface area contributed by atoms with Gasteiger partial charge in [-0.2, -0.15) is 0 Å². The summed E-state index contributed by atoms with van der Waals surface area (Å²) in [6.07, 6.45) is 6.49. The second kappa shape index (κ2) is 12.7. The number of fused-ring (bicyclic) bond motifs is 2. The second-order valence-corrected chi connectivity index (χ2v) is 15.1. The number of carbonyl (C=O) groups excluding carboxylic acids is 4. The number of nitrogens with zero attached hydrogens (tertiary/aromatic N) is 1. The SMILES string of the molecule is CC(C)(C)OC(=O)N[C@H]1CCOCC/C=C\[C@@H]2C[C@@]2(C(=O)NS(=O)(=O)c2cc(Cl)sc2Cl)NC(=O)[C@@H]2C[C]CN2C1=O. The fourth-order valence-corrected chi connectivity index (χ4v) is 7.88. The second-order valence-electron chi connectivity index (χ2n) is 11.1. The van der Waals surface area contributed by atoms with Crippen LogP contribution >= 0.6 is 34.5 Å². The van der Waals surface area contributed by atoms with Gasteiger partial charge in [0.1, 0.15) is 32.5 Å². The number of nitrogens with one attached hydrogen (secondary N) is 3. The minimum Gasteiger partial charge on any atom is -0.444 e. The van der Waals surface area contributed by atoms with Crippen molar-refractivity contribution in [3.63, 3.8) is 0 Å². The lowest BCUT2D eigenvalue weighted by molar-refractivity contribution is -0.141. The molecule has 1 aliphatic carbocycles. The molecule has 0 bridgehead atoms. The average Bonchev–Trinajstić information content (AvgIpc) is 3.18. The molecule has 1 saturated heterocycles. The molecule has 3 aliphatic rings. The molecule has 0 unspecified atom stereocenters. The number of amides is 4. The summed E-state index contributed by atoms with van der Waals surface area (Å²) >= 11 is 12.7. The largest absolute Gasteiger partial charge is 0.444 e. The maximum Gasteiger partial charge on any atom is 0.408 e. The van der Waals surface area contributed by atoms with Crippen molar-refractivity contribution in [3.8, 4) is 0 Å². The van der Waals surface area contributed by atoms with Crippen LogP contribution in [0.15, 0.2) is 23.1 Å². The first kappa shape index (κ1) is 32.5. The monoisotopic (exact) mass is 662 g/mol. The lowest BCUT2D eigenvalue weighted by Gasteiger charge is -2.30. The zero-order valence-electron chi connectivity index (χ0n) is 23.2. The fourth-order valence-electron chi connectivity index (χ4n) is 4.69. The molecule has 4 amide bonds. The van der Waals surface area contributed by atoms with Gasteiger partial charge in [0, 0.05) is 31.9 Å². The van der Waals surface area contributed by atoms with E-state index in [0.29, 0.717) is 13.0 Å². The zero-order chi connectivity index (χ0) is 30.9. The first-order valence-electron chi connectivity index (χ1n) is 13.2. The number of ether oxygens (including phenoxy) is 2. The number of alkyl carbamates (subject to hydrolysis) is 1. The van der Waals surface area contributed by atoms with Crippen LogP contribution in [0.5, 0.6) is 0 Å². The fraction of sp³-hybridized carbons (Fsp3) is 0.577. The van der Waals surface area contributed by atoms with E-state index in [1.807, 2.05) is 4.72 Å². The van der Waals surface area contributed by atoms with Gasteiger partial charge in [0.15, 0.2) is 0 Å². The highest BCUT2D eigenvalue weighted by molar-refractivity contribution is 7.90. The summed E-state index contributed by atoms with van der Waals surface area (Å²) in [4.78, 5) is 54.0. The highest BCUT2D eigenvalue weighted by atomic mass is 35.5. The van der Waals surface area contributed by atoms with E-state index in [2.05, 4.69) is 17.1 Å². The van der Waals surface area contributed by atoms with Crippen molar-refractivity contribution < 1.29 is 37.1 Å². The van der Waals surface area contributed by atoms with E-state index in [1.165, 1.54) is 4.90 Å².